The van der Waals surface area contributed by atoms with Gasteiger partial charge in [0.05, 0.1) is 0 Å². The summed E-state index contributed by atoms with van der Waals surface area (Å²) in [6.07, 6.45) is 12.3. The number of rotatable bonds is 6. The Balaban J connectivity index is 2.01. The summed E-state index contributed by atoms with van der Waals surface area (Å²) in [5.41, 5.74) is 2.28. The van der Waals surface area contributed by atoms with Gasteiger partial charge in [0.1, 0.15) is 0 Å². The lowest BCUT2D eigenvalue weighted by molar-refractivity contribution is 0.0919. The molecular weight excluding hydrogens is 316 g/mol. The van der Waals surface area contributed by atoms with Gasteiger partial charge in [0.15, 0.2) is 0 Å². The molecule has 0 radical (unpaired) electrons. The lowest BCUT2D eigenvalue weighted by Crippen LogP contribution is -2.36. The first-order chi connectivity index (χ1) is 11.1. The molecule has 2 aliphatic carbocycles. The van der Waals surface area contributed by atoms with E-state index in [1.807, 2.05) is 6.08 Å². The fraction of sp³-hybridized carbons (Fsp3) is 0.905. The first-order valence-electron chi connectivity index (χ1n) is 9.88. The molecule has 0 aromatic heterocycles. The van der Waals surface area contributed by atoms with Gasteiger partial charge in [-0.25, -0.2) is 0 Å². The number of fused-ring (bicyclic) bond motifs is 1. The molecule has 0 heterocycles. The fourth-order valence-corrected chi connectivity index (χ4v) is 5.94. The van der Waals surface area contributed by atoms with E-state index in [1.165, 1.54) is 50.5 Å². The van der Waals surface area contributed by atoms with Crippen LogP contribution in [-0.2, 0) is 11.1 Å². The molecule has 0 saturated heterocycles. The van der Waals surface area contributed by atoms with Crippen LogP contribution in [-0.4, -0.2) is 14.5 Å². The third-order valence-electron chi connectivity index (χ3n) is 6.79. The average Bonchev–Trinajstić information content (AvgIpc) is 2.81. The Labute approximate surface area is 152 Å². The third-order valence-corrected chi connectivity index (χ3v) is 7.23. The zero-order chi connectivity index (χ0) is 18.0. The van der Waals surface area contributed by atoms with Crippen LogP contribution in [0.5, 0.6) is 0 Å². The number of hydrogen-bond donors (Lipinski definition) is 0. The van der Waals surface area contributed by atoms with E-state index >= 15 is 0 Å². The maximum absolute atomic E-state index is 10.9. The maximum Gasteiger partial charge on any atom is 0.0285 e. The van der Waals surface area contributed by atoms with E-state index in [2.05, 4.69) is 34.6 Å². The maximum atomic E-state index is 10.9. The van der Waals surface area contributed by atoms with Crippen LogP contribution in [0.1, 0.15) is 86.0 Å². The molecule has 5 unspecified atom stereocenters. The quantitative estimate of drug-likeness (QED) is 0.443. The van der Waals surface area contributed by atoms with E-state index < -0.39 is 11.1 Å². The zero-order valence-corrected chi connectivity index (χ0v) is 17.2. The zero-order valence-electron chi connectivity index (χ0n) is 16.4. The van der Waals surface area contributed by atoms with Gasteiger partial charge in [0.25, 0.3) is 0 Å². The molecule has 0 aliphatic heterocycles. The van der Waals surface area contributed by atoms with Gasteiger partial charge in [-0.1, -0.05) is 70.2 Å². The molecule has 0 amide bonds. The highest BCUT2D eigenvalue weighted by atomic mass is 32.2. The molecule has 0 bridgehead atoms. The molecule has 2 fully saturated rings. The van der Waals surface area contributed by atoms with Crippen molar-refractivity contribution in [2.45, 2.75) is 86.0 Å². The highest BCUT2D eigenvalue weighted by Crippen LogP contribution is 2.59. The minimum absolute atomic E-state index is 0.202. The van der Waals surface area contributed by atoms with Gasteiger partial charge in [-0.05, 0) is 67.1 Å². The Bertz CT molecular complexity index is 477. The molecule has 24 heavy (non-hydrogen) atoms. The number of allylic oxidation sites excluding steroid dienone is 1. The summed E-state index contributed by atoms with van der Waals surface area (Å²) in [5.74, 6) is 2.43. The van der Waals surface area contributed by atoms with E-state index in [-0.39, 0.29) is 5.75 Å². The highest BCUT2D eigenvalue weighted by Gasteiger charge is 2.50. The second-order valence-electron chi connectivity index (χ2n) is 9.78. The monoisotopic (exact) mass is 353 g/mol. The van der Waals surface area contributed by atoms with Crippen molar-refractivity contribution in [1.29, 1.82) is 0 Å². The van der Waals surface area contributed by atoms with Gasteiger partial charge in [-0.2, -0.15) is 0 Å². The Morgan fingerprint density at radius 2 is 2.08 bits per heavy atom. The van der Waals surface area contributed by atoms with Crippen molar-refractivity contribution in [3.8, 4) is 0 Å². The summed E-state index contributed by atoms with van der Waals surface area (Å²) in [4.78, 5) is 0. The van der Waals surface area contributed by atoms with Crippen LogP contribution < -0.4 is 0 Å². The molecule has 0 aromatic carbocycles. The van der Waals surface area contributed by atoms with Crippen LogP contribution in [0.2, 0.25) is 0 Å². The van der Waals surface area contributed by atoms with Crippen LogP contribution in [0.4, 0.5) is 0 Å². The lowest BCUT2D eigenvalue weighted by atomic mass is 9.60. The topological polar surface area (TPSA) is 40.1 Å². The largest absolute Gasteiger partial charge is 0.772 e. The molecule has 0 N–H and O–H groups in total. The molecule has 2 nitrogen and oxygen atoms in total. The van der Waals surface area contributed by atoms with Crippen LogP contribution in [0, 0.1) is 28.6 Å². The smallest absolute Gasteiger partial charge is 0.0285 e. The van der Waals surface area contributed by atoms with Crippen molar-refractivity contribution < 1.29 is 8.76 Å². The van der Waals surface area contributed by atoms with Crippen molar-refractivity contribution in [2.24, 2.45) is 28.6 Å². The van der Waals surface area contributed by atoms with Gasteiger partial charge in [-0.15, -0.1) is 0 Å². The van der Waals surface area contributed by atoms with Crippen LogP contribution in [0.15, 0.2) is 11.6 Å². The van der Waals surface area contributed by atoms with E-state index in [0.29, 0.717) is 16.7 Å². The standard InChI is InChI=1S/C21H38O2S/c1-16(8-6-13-20(2,3)4)18-10-11-19-17(12-15-24(22)23)9-7-14-21(18,19)5/h12,16,18-19H,6-11,13-15H2,1-5H3,(H,22,23)/p-1. The van der Waals surface area contributed by atoms with Crippen molar-refractivity contribution in [1.82, 2.24) is 0 Å². The molecular formula is C21H37O2S-. The average molecular weight is 354 g/mol. The molecule has 140 valence electrons. The van der Waals surface area contributed by atoms with E-state index in [0.717, 1.165) is 18.3 Å². The number of hydrogen-bond acceptors (Lipinski definition) is 2. The SMILES string of the molecule is CC(CCCC(C)(C)C)C1CCC2C(=CCS(=O)[O-])CCCC21C. The lowest BCUT2D eigenvalue weighted by Gasteiger charge is -2.44. The molecule has 3 heteroatoms. The second-order valence-corrected chi connectivity index (χ2v) is 10.7. The predicted molar refractivity (Wildman–Crippen MR) is 103 cm³/mol. The van der Waals surface area contributed by atoms with Gasteiger partial charge < -0.3 is 4.55 Å². The highest BCUT2D eigenvalue weighted by molar-refractivity contribution is 7.79. The molecule has 5 atom stereocenters. The summed E-state index contributed by atoms with van der Waals surface area (Å²) >= 11 is -1.95. The van der Waals surface area contributed by atoms with Crippen LogP contribution in [0.25, 0.3) is 0 Å². The van der Waals surface area contributed by atoms with E-state index in [1.54, 1.807) is 0 Å². The third kappa shape index (κ3) is 4.94. The molecule has 2 rings (SSSR count). The summed E-state index contributed by atoms with van der Waals surface area (Å²) in [7, 11) is 0. The Morgan fingerprint density at radius 3 is 2.71 bits per heavy atom. The molecule has 2 aliphatic rings. The first-order valence-corrected chi connectivity index (χ1v) is 11.1. The van der Waals surface area contributed by atoms with Gasteiger partial charge >= 0.3 is 0 Å². The van der Waals surface area contributed by atoms with Crippen molar-refractivity contribution in [2.75, 3.05) is 5.75 Å². The van der Waals surface area contributed by atoms with Crippen molar-refractivity contribution in [3.63, 3.8) is 0 Å². The minimum atomic E-state index is -1.95. The summed E-state index contributed by atoms with van der Waals surface area (Å²) in [6, 6.07) is 0. The van der Waals surface area contributed by atoms with Gasteiger partial charge in [0, 0.05) is 5.75 Å². The normalized spacial score (nSPS) is 35.0. The Morgan fingerprint density at radius 1 is 1.38 bits per heavy atom. The Kier molecular flexibility index (Phi) is 6.75. The van der Waals surface area contributed by atoms with Crippen LogP contribution >= 0.6 is 0 Å². The molecule has 2 saturated carbocycles. The van der Waals surface area contributed by atoms with E-state index in [9.17, 15) is 8.76 Å². The molecule has 0 aromatic rings. The van der Waals surface area contributed by atoms with Gasteiger partial charge in [0.2, 0.25) is 0 Å². The van der Waals surface area contributed by atoms with Gasteiger partial charge in [-0.3, -0.25) is 4.21 Å². The molecule has 0 spiro atoms. The first kappa shape index (κ1) is 20.2. The minimum Gasteiger partial charge on any atom is -0.772 e. The second kappa shape index (κ2) is 8.03. The van der Waals surface area contributed by atoms with Crippen molar-refractivity contribution >= 4 is 11.1 Å². The summed E-state index contributed by atoms with van der Waals surface area (Å²) < 4.78 is 21.9. The fourth-order valence-electron chi connectivity index (χ4n) is 5.59. The summed E-state index contributed by atoms with van der Waals surface area (Å²) in [5, 5.41) is 0. The van der Waals surface area contributed by atoms with Crippen LogP contribution in [0.3, 0.4) is 0 Å². The van der Waals surface area contributed by atoms with E-state index in [4.69, 9.17) is 0 Å². The van der Waals surface area contributed by atoms with Crippen molar-refractivity contribution in [3.05, 3.63) is 11.6 Å². The predicted octanol–water partition coefficient (Wildman–Crippen LogP) is 5.86. The Hall–Kier alpha value is -0.150. The summed E-state index contributed by atoms with van der Waals surface area (Å²) in [6.45, 7) is 12.0.